The fourth-order valence-electron chi connectivity index (χ4n) is 2.40. The molecule has 114 valence electrons. The van der Waals surface area contributed by atoms with Gasteiger partial charge in [0.25, 0.3) is 5.91 Å². The highest BCUT2D eigenvalue weighted by atomic mass is 16.5. The van der Waals surface area contributed by atoms with E-state index in [0.717, 1.165) is 5.56 Å². The number of likely N-dealkylation sites (N-methyl/N-ethyl adjacent to an activating group) is 1. The molecular weight excluding hydrogens is 270 g/mol. The van der Waals surface area contributed by atoms with Gasteiger partial charge in [-0.15, -0.1) is 0 Å². The lowest BCUT2D eigenvalue weighted by atomic mass is 10.0. The quantitative estimate of drug-likeness (QED) is 0.797. The number of carbonyl (C=O) groups excluding carboxylic acids is 2. The van der Waals surface area contributed by atoms with Crippen LogP contribution in [0.5, 0.6) is 0 Å². The van der Waals surface area contributed by atoms with Crippen molar-refractivity contribution in [3.8, 4) is 0 Å². The van der Waals surface area contributed by atoms with Gasteiger partial charge in [0.2, 0.25) is 5.91 Å². The first-order valence-corrected chi connectivity index (χ1v) is 7.07. The minimum atomic E-state index is -0.591. The molecule has 21 heavy (non-hydrogen) atoms. The van der Waals surface area contributed by atoms with E-state index in [1.165, 1.54) is 0 Å². The van der Waals surface area contributed by atoms with Crippen molar-refractivity contribution < 1.29 is 14.3 Å². The summed E-state index contributed by atoms with van der Waals surface area (Å²) in [4.78, 5) is 26.4. The van der Waals surface area contributed by atoms with E-state index in [-0.39, 0.29) is 18.4 Å². The van der Waals surface area contributed by atoms with Crippen molar-refractivity contribution in [1.29, 1.82) is 0 Å². The third-order valence-electron chi connectivity index (χ3n) is 3.65. The van der Waals surface area contributed by atoms with Gasteiger partial charge in [-0.05, 0) is 31.5 Å². The maximum atomic E-state index is 12.7. The molecule has 0 saturated carbocycles. The number of nitrogens with one attached hydrogen (secondary N) is 1. The molecule has 1 fully saturated rings. The van der Waals surface area contributed by atoms with Crippen LogP contribution in [0.3, 0.4) is 0 Å². The normalized spacial score (nSPS) is 18.4. The lowest BCUT2D eigenvalue weighted by Crippen LogP contribution is -2.56. The Kier molecular flexibility index (Phi) is 4.80. The molecular formula is C15H21N3O3. The molecule has 2 rings (SSSR count). The van der Waals surface area contributed by atoms with Gasteiger partial charge < -0.3 is 20.7 Å². The Morgan fingerprint density at radius 2 is 2.24 bits per heavy atom. The molecule has 6 nitrogen and oxygen atoms in total. The average Bonchev–Trinajstić information content (AvgIpc) is 2.49. The zero-order chi connectivity index (χ0) is 15.4. The average molecular weight is 291 g/mol. The molecule has 0 radical (unpaired) electrons. The summed E-state index contributed by atoms with van der Waals surface area (Å²) in [6, 6.07) is 4.65. The van der Waals surface area contributed by atoms with Gasteiger partial charge in [0.15, 0.2) is 0 Å². The van der Waals surface area contributed by atoms with Crippen LogP contribution in [0.25, 0.3) is 0 Å². The molecule has 0 aliphatic carbocycles. The van der Waals surface area contributed by atoms with Crippen LogP contribution in [0.4, 0.5) is 5.69 Å². The number of nitrogen functional groups attached to an aromatic ring is 1. The fourth-order valence-corrected chi connectivity index (χ4v) is 2.40. The van der Waals surface area contributed by atoms with Gasteiger partial charge >= 0.3 is 0 Å². The first kappa shape index (κ1) is 15.3. The van der Waals surface area contributed by atoms with Gasteiger partial charge in [-0.3, -0.25) is 9.59 Å². The number of anilines is 1. The number of hydrogen-bond donors (Lipinski definition) is 2. The second-order valence-electron chi connectivity index (χ2n) is 5.00. The molecule has 6 heteroatoms. The lowest BCUT2D eigenvalue weighted by Gasteiger charge is -2.34. The second-order valence-corrected chi connectivity index (χ2v) is 5.00. The van der Waals surface area contributed by atoms with Gasteiger partial charge in [-0.25, -0.2) is 0 Å². The monoisotopic (exact) mass is 291 g/mol. The van der Waals surface area contributed by atoms with E-state index in [1.807, 2.05) is 13.8 Å². The van der Waals surface area contributed by atoms with Gasteiger partial charge in [0.05, 0.1) is 13.2 Å². The predicted molar refractivity (Wildman–Crippen MR) is 79.9 cm³/mol. The maximum absolute atomic E-state index is 12.7. The third kappa shape index (κ3) is 3.16. The topological polar surface area (TPSA) is 84.7 Å². The van der Waals surface area contributed by atoms with Crippen LogP contribution in [0.2, 0.25) is 0 Å². The Bertz CT molecular complexity index is 545. The van der Waals surface area contributed by atoms with Crippen molar-refractivity contribution in [2.75, 3.05) is 32.0 Å². The molecule has 0 aromatic heterocycles. The van der Waals surface area contributed by atoms with Gasteiger partial charge in [0, 0.05) is 24.3 Å². The number of nitrogens with two attached hydrogens (primary N) is 1. The molecule has 1 saturated heterocycles. The lowest BCUT2D eigenvalue weighted by molar-refractivity contribution is -0.130. The van der Waals surface area contributed by atoms with Gasteiger partial charge in [-0.1, -0.05) is 6.07 Å². The van der Waals surface area contributed by atoms with E-state index in [1.54, 1.807) is 23.1 Å². The molecule has 0 spiro atoms. The van der Waals surface area contributed by atoms with E-state index in [4.69, 9.17) is 10.5 Å². The van der Waals surface area contributed by atoms with Crippen LogP contribution in [0.1, 0.15) is 22.8 Å². The zero-order valence-corrected chi connectivity index (χ0v) is 12.4. The summed E-state index contributed by atoms with van der Waals surface area (Å²) in [5.41, 5.74) is 7.70. The summed E-state index contributed by atoms with van der Waals surface area (Å²) in [5.74, 6) is -0.369. The molecule has 0 bridgehead atoms. The van der Waals surface area contributed by atoms with E-state index < -0.39 is 6.04 Å². The SMILES string of the molecule is CCNC(=O)C1COCCN1C(=O)c1cccc(N)c1C. The fraction of sp³-hybridized carbons (Fsp3) is 0.467. The Labute approximate surface area is 124 Å². The van der Waals surface area contributed by atoms with Crippen LogP contribution in [0.15, 0.2) is 18.2 Å². The first-order valence-electron chi connectivity index (χ1n) is 7.07. The van der Waals surface area contributed by atoms with Crippen molar-refractivity contribution in [3.63, 3.8) is 0 Å². The van der Waals surface area contributed by atoms with Gasteiger partial charge in [0.1, 0.15) is 6.04 Å². The Hall–Kier alpha value is -2.08. The number of rotatable bonds is 3. The van der Waals surface area contributed by atoms with Crippen LogP contribution in [0, 0.1) is 6.92 Å². The Morgan fingerprint density at radius 3 is 2.95 bits per heavy atom. The maximum Gasteiger partial charge on any atom is 0.255 e. The minimum Gasteiger partial charge on any atom is -0.398 e. The highest BCUT2D eigenvalue weighted by Gasteiger charge is 2.33. The molecule has 1 heterocycles. The smallest absolute Gasteiger partial charge is 0.255 e. The van der Waals surface area contributed by atoms with E-state index in [0.29, 0.717) is 30.9 Å². The van der Waals surface area contributed by atoms with E-state index >= 15 is 0 Å². The summed E-state index contributed by atoms with van der Waals surface area (Å²) < 4.78 is 5.34. The molecule has 2 amide bonds. The molecule has 1 unspecified atom stereocenters. The van der Waals surface area contributed by atoms with Crippen LogP contribution < -0.4 is 11.1 Å². The van der Waals surface area contributed by atoms with Crippen LogP contribution in [-0.4, -0.2) is 49.1 Å². The number of carbonyl (C=O) groups is 2. The zero-order valence-electron chi connectivity index (χ0n) is 12.4. The number of nitrogens with zero attached hydrogens (tertiary/aromatic N) is 1. The molecule has 1 aliphatic heterocycles. The van der Waals surface area contributed by atoms with Gasteiger partial charge in [-0.2, -0.15) is 0 Å². The number of hydrogen-bond acceptors (Lipinski definition) is 4. The first-order chi connectivity index (χ1) is 10.1. The molecule has 1 atom stereocenters. The molecule has 1 aliphatic rings. The highest BCUT2D eigenvalue weighted by molar-refractivity contribution is 5.99. The highest BCUT2D eigenvalue weighted by Crippen LogP contribution is 2.20. The number of ether oxygens (including phenoxy) is 1. The van der Waals surface area contributed by atoms with Crippen molar-refractivity contribution in [2.24, 2.45) is 0 Å². The van der Waals surface area contributed by atoms with Crippen LogP contribution >= 0.6 is 0 Å². The number of amides is 2. The molecule has 1 aromatic rings. The summed E-state index contributed by atoms with van der Waals surface area (Å²) in [5, 5.41) is 2.74. The third-order valence-corrected chi connectivity index (χ3v) is 3.65. The van der Waals surface area contributed by atoms with Crippen molar-refractivity contribution in [1.82, 2.24) is 10.2 Å². The molecule has 1 aromatic carbocycles. The second kappa shape index (κ2) is 6.58. The van der Waals surface area contributed by atoms with E-state index in [9.17, 15) is 9.59 Å². The van der Waals surface area contributed by atoms with Crippen molar-refractivity contribution in [3.05, 3.63) is 29.3 Å². The summed E-state index contributed by atoms with van der Waals surface area (Å²) >= 11 is 0. The van der Waals surface area contributed by atoms with Crippen molar-refractivity contribution in [2.45, 2.75) is 19.9 Å². The largest absolute Gasteiger partial charge is 0.398 e. The Balaban J connectivity index is 2.26. The minimum absolute atomic E-state index is 0.181. The summed E-state index contributed by atoms with van der Waals surface area (Å²) in [7, 11) is 0. The summed E-state index contributed by atoms with van der Waals surface area (Å²) in [6.07, 6.45) is 0. The number of morpholine rings is 1. The number of benzene rings is 1. The standard InChI is InChI=1S/C15H21N3O3/c1-3-17-14(19)13-9-21-8-7-18(13)15(20)11-5-4-6-12(16)10(11)2/h4-6,13H,3,7-9,16H2,1-2H3,(H,17,19). The Morgan fingerprint density at radius 1 is 1.48 bits per heavy atom. The van der Waals surface area contributed by atoms with Crippen molar-refractivity contribution >= 4 is 17.5 Å². The predicted octanol–water partition coefficient (Wildman–Crippen LogP) is 0.554. The molecule has 3 N–H and O–H groups in total. The van der Waals surface area contributed by atoms with E-state index in [2.05, 4.69) is 5.32 Å². The summed E-state index contributed by atoms with van der Waals surface area (Å²) in [6.45, 7) is 5.23. The van der Waals surface area contributed by atoms with Crippen LogP contribution in [-0.2, 0) is 9.53 Å².